The summed E-state index contributed by atoms with van der Waals surface area (Å²) >= 11 is 0. The SMILES string of the molecule is CCC(O)CN(Cc1ccccc1F)C1CC1. The first kappa shape index (κ1) is 12.5. The second-order valence-corrected chi connectivity index (χ2v) is 4.81. The van der Waals surface area contributed by atoms with Crippen LogP contribution < -0.4 is 0 Å². The van der Waals surface area contributed by atoms with Crippen molar-refractivity contribution < 1.29 is 9.50 Å². The van der Waals surface area contributed by atoms with Crippen LogP contribution in [-0.4, -0.2) is 28.7 Å². The zero-order valence-corrected chi connectivity index (χ0v) is 10.3. The van der Waals surface area contributed by atoms with Crippen molar-refractivity contribution in [1.29, 1.82) is 0 Å². The molecule has 1 atom stereocenters. The molecule has 0 aromatic heterocycles. The molecule has 0 amide bonds. The molecule has 0 aliphatic heterocycles. The smallest absolute Gasteiger partial charge is 0.127 e. The van der Waals surface area contributed by atoms with Crippen LogP contribution in [-0.2, 0) is 6.54 Å². The number of halogens is 1. The molecule has 0 bridgehead atoms. The minimum absolute atomic E-state index is 0.149. The average Bonchev–Trinajstić information content (AvgIpc) is 3.15. The number of nitrogens with zero attached hydrogens (tertiary/aromatic N) is 1. The lowest BCUT2D eigenvalue weighted by Gasteiger charge is -2.24. The fourth-order valence-electron chi connectivity index (χ4n) is 2.03. The highest BCUT2D eigenvalue weighted by molar-refractivity contribution is 5.17. The monoisotopic (exact) mass is 237 g/mol. The highest BCUT2D eigenvalue weighted by Crippen LogP contribution is 2.29. The normalized spacial score (nSPS) is 17.4. The maximum Gasteiger partial charge on any atom is 0.127 e. The summed E-state index contributed by atoms with van der Waals surface area (Å²) in [6.07, 6.45) is 2.79. The van der Waals surface area contributed by atoms with Crippen molar-refractivity contribution in [2.24, 2.45) is 0 Å². The Hall–Kier alpha value is -0.930. The topological polar surface area (TPSA) is 23.5 Å². The van der Waals surface area contributed by atoms with Crippen LogP contribution in [0.15, 0.2) is 24.3 Å². The molecule has 1 aromatic rings. The van der Waals surface area contributed by atoms with Crippen LogP contribution in [0, 0.1) is 5.82 Å². The molecule has 2 rings (SSSR count). The number of hydrogen-bond donors (Lipinski definition) is 1. The lowest BCUT2D eigenvalue weighted by atomic mass is 10.1. The molecule has 0 saturated heterocycles. The maximum atomic E-state index is 13.6. The third-order valence-corrected chi connectivity index (χ3v) is 3.31. The molecule has 1 aromatic carbocycles. The van der Waals surface area contributed by atoms with E-state index in [1.54, 1.807) is 6.07 Å². The largest absolute Gasteiger partial charge is 0.392 e. The standard InChI is InChI=1S/C14H20FNO/c1-2-13(17)10-16(12-7-8-12)9-11-5-3-4-6-14(11)15/h3-6,12-13,17H,2,7-10H2,1H3. The lowest BCUT2D eigenvalue weighted by molar-refractivity contribution is 0.100. The Morgan fingerprint density at radius 3 is 2.71 bits per heavy atom. The Morgan fingerprint density at radius 1 is 1.41 bits per heavy atom. The Balaban J connectivity index is 2.00. The van der Waals surface area contributed by atoms with E-state index in [1.807, 2.05) is 19.1 Å². The van der Waals surface area contributed by atoms with E-state index >= 15 is 0 Å². The Bertz CT molecular complexity index is 365. The number of aliphatic hydroxyl groups is 1. The highest BCUT2D eigenvalue weighted by Gasteiger charge is 2.30. The van der Waals surface area contributed by atoms with Gasteiger partial charge in [-0.3, -0.25) is 4.90 Å². The van der Waals surface area contributed by atoms with Crippen LogP contribution in [0.4, 0.5) is 4.39 Å². The van der Waals surface area contributed by atoms with E-state index in [-0.39, 0.29) is 11.9 Å². The Kier molecular flexibility index (Phi) is 4.13. The van der Waals surface area contributed by atoms with E-state index in [9.17, 15) is 9.50 Å². The van der Waals surface area contributed by atoms with Crippen LogP contribution in [0.1, 0.15) is 31.7 Å². The molecular weight excluding hydrogens is 217 g/mol. The maximum absolute atomic E-state index is 13.6. The second-order valence-electron chi connectivity index (χ2n) is 4.81. The predicted molar refractivity (Wildman–Crippen MR) is 66.1 cm³/mol. The van der Waals surface area contributed by atoms with E-state index in [4.69, 9.17) is 0 Å². The van der Waals surface area contributed by atoms with Gasteiger partial charge in [0.1, 0.15) is 5.82 Å². The van der Waals surface area contributed by atoms with Crippen LogP contribution >= 0.6 is 0 Å². The first-order valence-corrected chi connectivity index (χ1v) is 6.36. The molecule has 1 unspecified atom stereocenters. The second kappa shape index (κ2) is 5.61. The molecule has 2 nitrogen and oxygen atoms in total. The van der Waals surface area contributed by atoms with Gasteiger partial charge in [0.05, 0.1) is 6.10 Å². The van der Waals surface area contributed by atoms with Crippen molar-refractivity contribution in [2.45, 2.75) is 44.9 Å². The van der Waals surface area contributed by atoms with Gasteiger partial charge in [-0.15, -0.1) is 0 Å². The first-order chi connectivity index (χ1) is 8.20. The molecule has 1 N–H and O–H groups in total. The van der Waals surface area contributed by atoms with Crippen molar-refractivity contribution >= 4 is 0 Å². The van der Waals surface area contributed by atoms with E-state index in [0.29, 0.717) is 19.1 Å². The van der Waals surface area contributed by atoms with Crippen molar-refractivity contribution in [2.75, 3.05) is 6.54 Å². The molecule has 3 heteroatoms. The lowest BCUT2D eigenvalue weighted by Crippen LogP contribution is -2.33. The van der Waals surface area contributed by atoms with Crippen LogP contribution in [0.3, 0.4) is 0 Å². The molecule has 1 aliphatic rings. The summed E-state index contributed by atoms with van der Waals surface area (Å²) in [5.74, 6) is -0.149. The third kappa shape index (κ3) is 3.51. The Morgan fingerprint density at radius 2 is 2.12 bits per heavy atom. The average molecular weight is 237 g/mol. The van der Waals surface area contributed by atoms with E-state index < -0.39 is 0 Å². The molecule has 0 spiro atoms. The fraction of sp³-hybridized carbons (Fsp3) is 0.571. The summed E-state index contributed by atoms with van der Waals surface area (Å²) in [7, 11) is 0. The predicted octanol–water partition coefficient (Wildman–Crippen LogP) is 2.56. The number of rotatable bonds is 6. The van der Waals surface area contributed by atoms with Crippen molar-refractivity contribution in [1.82, 2.24) is 4.90 Å². The third-order valence-electron chi connectivity index (χ3n) is 3.31. The molecule has 0 radical (unpaired) electrons. The van der Waals surface area contributed by atoms with Crippen molar-refractivity contribution in [3.05, 3.63) is 35.6 Å². The van der Waals surface area contributed by atoms with Gasteiger partial charge >= 0.3 is 0 Å². The van der Waals surface area contributed by atoms with Gasteiger partial charge in [-0.05, 0) is 25.3 Å². The van der Waals surface area contributed by atoms with E-state index in [2.05, 4.69) is 4.90 Å². The highest BCUT2D eigenvalue weighted by atomic mass is 19.1. The zero-order valence-electron chi connectivity index (χ0n) is 10.3. The van der Waals surface area contributed by atoms with Gasteiger partial charge in [-0.1, -0.05) is 25.1 Å². The van der Waals surface area contributed by atoms with Gasteiger partial charge in [0.2, 0.25) is 0 Å². The molecule has 17 heavy (non-hydrogen) atoms. The summed E-state index contributed by atoms with van der Waals surface area (Å²) < 4.78 is 13.6. The van der Waals surface area contributed by atoms with Crippen LogP contribution in [0.25, 0.3) is 0 Å². The van der Waals surface area contributed by atoms with Crippen molar-refractivity contribution in [3.63, 3.8) is 0 Å². The number of aliphatic hydroxyl groups excluding tert-OH is 1. The minimum atomic E-state index is -0.303. The number of benzene rings is 1. The minimum Gasteiger partial charge on any atom is -0.392 e. The zero-order chi connectivity index (χ0) is 12.3. The molecule has 0 heterocycles. The summed E-state index contributed by atoms with van der Waals surface area (Å²) in [6.45, 7) is 3.22. The molecular formula is C14H20FNO. The van der Waals surface area contributed by atoms with E-state index in [0.717, 1.165) is 12.0 Å². The van der Waals surface area contributed by atoms with Crippen LogP contribution in [0.5, 0.6) is 0 Å². The van der Waals surface area contributed by atoms with Gasteiger partial charge < -0.3 is 5.11 Å². The summed E-state index contributed by atoms with van der Waals surface area (Å²) in [4.78, 5) is 2.20. The fourth-order valence-corrected chi connectivity index (χ4v) is 2.03. The van der Waals surface area contributed by atoms with Gasteiger partial charge in [0.25, 0.3) is 0 Å². The molecule has 1 aliphatic carbocycles. The Labute approximate surface area is 102 Å². The number of hydrogen-bond acceptors (Lipinski definition) is 2. The quantitative estimate of drug-likeness (QED) is 0.822. The van der Waals surface area contributed by atoms with Gasteiger partial charge in [0, 0.05) is 24.7 Å². The first-order valence-electron chi connectivity index (χ1n) is 6.36. The van der Waals surface area contributed by atoms with Crippen molar-refractivity contribution in [3.8, 4) is 0 Å². The van der Waals surface area contributed by atoms with Gasteiger partial charge in [0.15, 0.2) is 0 Å². The molecule has 1 fully saturated rings. The van der Waals surface area contributed by atoms with E-state index in [1.165, 1.54) is 18.9 Å². The summed E-state index contributed by atoms with van der Waals surface area (Å²) in [6, 6.07) is 7.43. The molecule has 1 saturated carbocycles. The van der Waals surface area contributed by atoms with Gasteiger partial charge in [-0.25, -0.2) is 4.39 Å². The summed E-state index contributed by atoms with van der Waals surface area (Å²) in [5.41, 5.74) is 0.725. The van der Waals surface area contributed by atoms with Crippen LogP contribution in [0.2, 0.25) is 0 Å². The molecule has 94 valence electrons. The summed E-state index contributed by atoms with van der Waals surface area (Å²) in [5, 5.41) is 9.72. The van der Waals surface area contributed by atoms with Gasteiger partial charge in [-0.2, -0.15) is 0 Å².